The molecule has 0 saturated carbocycles. The minimum atomic E-state index is -0.286. The number of hydrogen-bond acceptors (Lipinski definition) is 2. The Morgan fingerprint density at radius 3 is 2.82 bits per heavy atom. The highest BCUT2D eigenvalue weighted by Gasteiger charge is 2.10. The number of hydrogen-bond donors (Lipinski definition) is 3. The fourth-order valence-electron chi connectivity index (χ4n) is 2.29. The molecule has 5 nitrogen and oxygen atoms in total. The molecule has 2 aromatic heterocycles. The first-order chi connectivity index (χ1) is 10.6. The van der Waals surface area contributed by atoms with Crippen molar-refractivity contribution < 1.29 is 4.79 Å². The molecule has 0 aliphatic rings. The summed E-state index contributed by atoms with van der Waals surface area (Å²) in [5.41, 5.74) is 2.51. The van der Waals surface area contributed by atoms with Crippen molar-refractivity contribution in [1.29, 1.82) is 0 Å². The quantitative estimate of drug-likeness (QED) is 0.681. The van der Waals surface area contributed by atoms with Crippen LogP contribution in [-0.2, 0) is 0 Å². The number of aromatic nitrogens is 2. The van der Waals surface area contributed by atoms with E-state index in [4.69, 9.17) is 11.6 Å². The molecule has 3 N–H and O–H groups in total. The third kappa shape index (κ3) is 3.04. The first-order valence-electron chi connectivity index (χ1n) is 6.87. The lowest BCUT2D eigenvalue weighted by molar-refractivity contribution is 0.249. The van der Waals surface area contributed by atoms with Gasteiger partial charge in [0.1, 0.15) is 0 Å². The fraction of sp³-hybridized carbons (Fsp3) is 0.125. The molecule has 0 saturated heterocycles. The number of halogens is 1. The van der Waals surface area contributed by atoms with E-state index >= 15 is 0 Å². The van der Waals surface area contributed by atoms with Gasteiger partial charge in [-0.1, -0.05) is 11.6 Å². The number of benzene rings is 1. The highest BCUT2D eigenvalue weighted by molar-refractivity contribution is 6.35. The molecule has 2 heterocycles. The maximum absolute atomic E-state index is 12.1. The van der Waals surface area contributed by atoms with Crippen molar-refractivity contribution >= 4 is 34.2 Å². The van der Waals surface area contributed by atoms with Crippen LogP contribution in [0, 0.1) is 0 Å². The van der Waals surface area contributed by atoms with E-state index in [0.717, 1.165) is 16.5 Å². The van der Waals surface area contributed by atoms with Gasteiger partial charge in [0.2, 0.25) is 0 Å². The predicted octanol–water partition coefficient (Wildman–Crippen LogP) is 4.10. The molecule has 0 bridgehead atoms. The summed E-state index contributed by atoms with van der Waals surface area (Å²) in [6, 6.07) is 8.80. The van der Waals surface area contributed by atoms with Gasteiger partial charge >= 0.3 is 6.03 Å². The molecule has 6 heteroatoms. The second kappa shape index (κ2) is 6.07. The molecule has 0 radical (unpaired) electrons. The number of aromatic amines is 1. The van der Waals surface area contributed by atoms with Crippen molar-refractivity contribution in [3.63, 3.8) is 0 Å². The minimum absolute atomic E-state index is 0.118. The van der Waals surface area contributed by atoms with Crippen molar-refractivity contribution in [2.45, 2.75) is 13.0 Å². The number of amides is 2. The Labute approximate surface area is 132 Å². The van der Waals surface area contributed by atoms with Crippen LogP contribution >= 0.6 is 11.6 Å². The topological polar surface area (TPSA) is 69.8 Å². The monoisotopic (exact) mass is 314 g/mol. The molecule has 22 heavy (non-hydrogen) atoms. The van der Waals surface area contributed by atoms with Crippen molar-refractivity contribution in [2.75, 3.05) is 5.32 Å². The number of nitrogens with one attached hydrogen (secondary N) is 3. The van der Waals surface area contributed by atoms with Gasteiger partial charge in [0, 0.05) is 35.2 Å². The predicted molar refractivity (Wildman–Crippen MR) is 88.1 cm³/mol. The van der Waals surface area contributed by atoms with Crippen LogP contribution in [0.15, 0.2) is 48.9 Å². The average Bonchev–Trinajstić information content (AvgIpc) is 2.97. The van der Waals surface area contributed by atoms with Gasteiger partial charge in [0.05, 0.1) is 11.1 Å². The lowest BCUT2D eigenvalue weighted by Crippen LogP contribution is -2.31. The van der Waals surface area contributed by atoms with E-state index in [2.05, 4.69) is 20.6 Å². The molecule has 0 aliphatic carbocycles. The van der Waals surface area contributed by atoms with Crippen LogP contribution in [0.2, 0.25) is 5.02 Å². The maximum atomic E-state index is 12.1. The minimum Gasteiger partial charge on any atom is -0.361 e. The second-order valence-corrected chi connectivity index (χ2v) is 5.40. The first-order valence-corrected chi connectivity index (χ1v) is 7.25. The zero-order chi connectivity index (χ0) is 15.5. The Hall–Kier alpha value is -2.53. The van der Waals surface area contributed by atoms with E-state index in [1.807, 2.05) is 37.4 Å². The lowest BCUT2D eigenvalue weighted by atomic mass is 10.1. The molecule has 112 valence electrons. The summed E-state index contributed by atoms with van der Waals surface area (Å²) < 4.78 is 0. The number of nitrogens with zero attached hydrogens (tertiary/aromatic N) is 1. The van der Waals surface area contributed by atoms with E-state index < -0.39 is 0 Å². The maximum Gasteiger partial charge on any atom is 0.319 e. The smallest absolute Gasteiger partial charge is 0.319 e. The standard InChI is InChI=1S/C16H15ClN4O/c1-10(11-2-5-18-6-3-11)20-16(22)21-12-8-14(17)13-4-7-19-15(13)9-12/h2-10,19H,1H3,(H2,20,21,22). The van der Waals surface area contributed by atoms with Crippen molar-refractivity contribution in [2.24, 2.45) is 0 Å². The molecule has 1 aromatic carbocycles. The van der Waals surface area contributed by atoms with Gasteiger partial charge < -0.3 is 15.6 Å². The van der Waals surface area contributed by atoms with Crippen LogP contribution in [0.4, 0.5) is 10.5 Å². The Balaban J connectivity index is 1.70. The van der Waals surface area contributed by atoms with Crippen LogP contribution in [0.5, 0.6) is 0 Å². The van der Waals surface area contributed by atoms with Crippen molar-refractivity contribution in [1.82, 2.24) is 15.3 Å². The fourth-order valence-corrected chi connectivity index (χ4v) is 2.58. The van der Waals surface area contributed by atoms with Crippen LogP contribution in [-0.4, -0.2) is 16.0 Å². The molecule has 1 unspecified atom stereocenters. The molecule has 0 fully saturated rings. The normalized spacial score (nSPS) is 12.1. The molecular formula is C16H15ClN4O. The molecule has 1 atom stereocenters. The number of fused-ring (bicyclic) bond motifs is 1. The Bertz CT molecular complexity index is 800. The molecule has 2 amide bonds. The Morgan fingerprint density at radius 1 is 1.27 bits per heavy atom. The summed E-state index contributed by atoms with van der Waals surface area (Å²) in [4.78, 5) is 19.1. The number of carbonyl (C=O) groups excluding carboxylic acids is 1. The van der Waals surface area contributed by atoms with Crippen LogP contribution in [0.1, 0.15) is 18.5 Å². The van der Waals surface area contributed by atoms with E-state index in [-0.39, 0.29) is 12.1 Å². The van der Waals surface area contributed by atoms with E-state index in [0.29, 0.717) is 10.7 Å². The van der Waals surface area contributed by atoms with Crippen LogP contribution < -0.4 is 10.6 Å². The van der Waals surface area contributed by atoms with E-state index in [1.165, 1.54) is 0 Å². The summed E-state index contributed by atoms with van der Waals surface area (Å²) in [6.45, 7) is 1.91. The molecule has 0 aliphatic heterocycles. The second-order valence-electron chi connectivity index (χ2n) is 5.00. The highest BCUT2D eigenvalue weighted by atomic mass is 35.5. The van der Waals surface area contributed by atoms with Crippen LogP contribution in [0.25, 0.3) is 10.9 Å². The first kappa shape index (κ1) is 14.4. The number of pyridine rings is 1. The number of urea groups is 1. The van der Waals surface area contributed by atoms with Crippen molar-refractivity contribution in [3.8, 4) is 0 Å². The third-order valence-electron chi connectivity index (χ3n) is 3.43. The Kier molecular flexibility index (Phi) is 3.98. The SMILES string of the molecule is CC(NC(=O)Nc1cc(Cl)c2cc[nH]c2c1)c1ccncc1. The van der Waals surface area contributed by atoms with Gasteiger partial charge in [-0.15, -0.1) is 0 Å². The summed E-state index contributed by atoms with van der Waals surface area (Å²) in [6.07, 6.45) is 5.21. The summed E-state index contributed by atoms with van der Waals surface area (Å²) in [5.74, 6) is 0. The number of anilines is 1. The zero-order valence-corrected chi connectivity index (χ0v) is 12.7. The largest absolute Gasteiger partial charge is 0.361 e. The van der Waals surface area contributed by atoms with Gasteiger partial charge in [-0.25, -0.2) is 4.79 Å². The van der Waals surface area contributed by atoms with Gasteiger partial charge in [-0.2, -0.15) is 0 Å². The number of H-pyrrole nitrogens is 1. The molecule has 3 aromatic rings. The van der Waals surface area contributed by atoms with Crippen LogP contribution in [0.3, 0.4) is 0 Å². The van der Waals surface area contributed by atoms with Gasteiger partial charge in [-0.3, -0.25) is 4.98 Å². The Morgan fingerprint density at radius 2 is 2.05 bits per heavy atom. The molecule has 3 rings (SSSR count). The number of carbonyl (C=O) groups is 1. The van der Waals surface area contributed by atoms with Crippen molar-refractivity contribution in [3.05, 3.63) is 59.5 Å². The van der Waals surface area contributed by atoms with Gasteiger partial charge in [0.15, 0.2) is 0 Å². The van der Waals surface area contributed by atoms with E-state index in [1.54, 1.807) is 18.5 Å². The molecule has 0 spiro atoms. The average molecular weight is 315 g/mol. The number of rotatable bonds is 3. The summed E-state index contributed by atoms with van der Waals surface area (Å²) in [5, 5.41) is 7.19. The zero-order valence-electron chi connectivity index (χ0n) is 11.9. The van der Waals surface area contributed by atoms with Gasteiger partial charge in [-0.05, 0) is 42.8 Å². The summed E-state index contributed by atoms with van der Waals surface area (Å²) >= 11 is 6.19. The molecular weight excluding hydrogens is 300 g/mol. The lowest BCUT2D eigenvalue weighted by Gasteiger charge is -2.15. The third-order valence-corrected chi connectivity index (χ3v) is 3.74. The van der Waals surface area contributed by atoms with E-state index in [9.17, 15) is 4.79 Å². The summed E-state index contributed by atoms with van der Waals surface area (Å²) in [7, 11) is 0. The highest BCUT2D eigenvalue weighted by Crippen LogP contribution is 2.27. The van der Waals surface area contributed by atoms with Gasteiger partial charge in [0.25, 0.3) is 0 Å².